The molecule has 8 nitrogen and oxygen atoms in total. The van der Waals surface area contributed by atoms with Crippen molar-refractivity contribution >= 4 is 11.9 Å². The first-order chi connectivity index (χ1) is 9.81. The zero-order chi connectivity index (χ0) is 16.0. The molecule has 1 aromatic rings. The number of hydrogen-bond acceptors (Lipinski definition) is 7. The molecule has 0 aliphatic heterocycles. The van der Waals surface area contributed by atoms with E-state index in [4.69, 9.17) is 4.74 Å². The van der Waals surface area contributed by atoms with Crippen LogP contribution in [-0.4, -0.2) is 41.2 Å². The van der Waals surface area contributed by atoms with Gasteiger partial charge in [-0.05, 0) is 5.56 Å². The minimum Gasteiger partial charge on any atom is -0.467 e. The van der Waals surface area contributed by atoms with E-state index in [2.05, 4.69) is 4.74 Å². The summed E-state index contributed by atoms with van der Waals surface area (Å²) in [6.45, 7) is -0.0910. The highest BCUT2D eigenvalue weighted by atomic mass is 16.6. The third-order valence-electron chi connectivity index (χ3n) is 2.73. The normalized spacial score (nSPS) is 14.6. The maximum Gasteiger partial charge on any atom is 0.349 e. The molecule has 0 aliphatic rings. The zero-order valence-electron chi connectivity index (χ0n) is 11.5. The number of hydrogen-bond donors (Lipinski definition) is 1. The van der Waals surface area contributed by atoms with Crippen molar-refractivity contribution in [2.24, 2.45) is 0 Å². The SMILES string of the molecule is COC(=O)C(O)(C[N+](=O)[O-])C(OC(C)=O)c1ccccc1. The first-order valence-corrected chi connectivity index (χ1v) is 5.96. The Labute approximate surface area is 120 Å². The Bertz CT molecular complexity index is 531. The monoisotopic (exact) mass is 297 g/mol. The van der Waals surface area contributed by atoms with Crippen molar-refractivity contribution in [3.05, 3.63) is 46.0 Å². The Kier molecular flexibility index (Phi) is 5.37. The van der Waals surface area contributed by atoms with Gasteiger partial charge < -0.3 is 14.6 Å². The molecule has 0 saturated carbocycles. The minimum absolute atomic E-state index is 0.238. The van der Waals surface area contributed by atoms with E-state index in [1.165, 1.54) is 12.1 Å². The molecule has 0 radical (unpaired) electrons. The molecular weight excluding hydrogens is 282 g/mol. The highest BCUT2D eigenvalue weighted by Gasteiger charge is 2.53. The average Bonchev–Trinajstić information content (AvgIpc) is 2.43. The molecule has 2 unspecified atom stereocenters. The number of methoxy groups -OCH3 is 1. The van der Waals surface area contributed by atoms with E-state index < -0.39 is 35.1 Å². The fourth-order valence-electron chi connectivity index (χ4n) is 1.86. The zero-order valence-corrected chi connectivity index (χ0v) is 11.5. The number of nitro groups is 1. The number of benzene rings is 1. The van der Waals surface area contributed by atoms with Crippen LogP contribution in [0.15, 0.2) is 30.3 Å². The summed E-state index contributed by atoms with van der Waals surface area (Å²) in [7, 11) is 0.975. The molecule has 8 heteroatoms. The third kappa shape index (κ3) is 3.99. The molecule has 1 N–H and O–H groups in total. The van der Waals surface area contributed by atoms with Gasteiger partial charge >= 0.3 is 11.9 Å². The molecular formula is C13H15NO7. The lowest BCUT2D eigenvalue weighted by atomic mass is 9.90. The van der Waals surface area contributed by atoms with Gasteiger partial charge in [0.15, 0.2) is 6.10 Å². The van der Waals surface area contributed by atoms with Crippen LogP contribution in [0.3, 0.4) is 0 Å². The van der Waals surface area contributed by atoms with Crippen molar-refractivity contribution in [1.82, 2.24) is 0 Å². The van der Waals surface area contributed by atoms with E-state index in [1.54, 1.807) is 18.2 Å². The minimum atomic E-state index is -2.62. The molecule has 0 heterocycles. The predicted molar refractivity (Wildman–Crippen MR) is 69.8 cm³/mol. The molecule has 2 atom stereocenters. The van der Waals surface area contributed by atoms with E-state index in [1.807, 2.05) is 0 Å². The average molecular weight is 297 g/mol. The molecule has 1 rings (SSSR count). The van der Waals surface area contributed by atoms with Gasteiger partial charge in [-0.25, -0.2) is 4.79 Å². The third-order valence-corrected chi connectivity index (χ3v) is 2.73. The van der Waals surface area contributed by atoms with Gasteiger partial charge in [-0.15, -0.1) is 0 Å². The summed E-state index contributed by atoms with van der Waals surface area (Å²) in [5.74, 6) is -2.05. The molecule has 21 heavy (non-hydrogen) atoms. The second-order valence-electron chi connectivity index (χ2n) is 4.31. The fraction of sp³-hybridized carbons (Fsp3) is 0.385. The van der Waals surface area contributed by atoms with Crippen LogP contribution in [0.5, 0.6) is 0 Å². The lowest BCUT2D eigenvalue weighted by Crippen LogP contribution is -2.52. The Hall–Kier alpha value is -2.48. The second kappa shape index (κ2) is 6.80. The van der Waals surface area contributed by atoms with Gasteiger partial charge in [0.1, 0.15) is 0 Å². The van der Waals surface area contributed by atoms with Gasteiger partial charge in [0, 0.05) is 11.8 Å². The number of aliphatic hydroxyl groups is 1. The van der Waals surface area contributed by atoms with Crippen LogP contribution in [0.25, 0.3) is 0 Å². The standard InChI is InChI=1S/C13H15NO7/c1-9(15)21-11(10-6-4-3-5-7-10)13(17,8-14(18)19)12(16)20-2/h3-7,11,17H,8H2,1-2H3. The first-order valence-electron chi connectivity index (χ1n) is 5.96. The molecule has 0 bridgehead atoms. The van der Waals surface area contributed by atoms with Crippen molar-refractivity contribution in [1.29, 1.82) is 0 Å². The summed E-state index contributed by atoms with van der Waals surface area (Å²) in [6, 6.07) is 7.77. The van der Waals surface area contributed by atoms with Gasteiger partial charge in [-0.1, -0.05) is 30.3 Å². The van der Waals surface area contributed by atoms with Crippen LogP contribution in [0.2, 0.25) is 0 Å². The number of carbonyl (C=O) groups is 2. The summed E-state index contributed by atoms with van der Waals surface area (Å²) >= 11 is 0. The summed E-state index contributed by atoms with van der Waals surface area (Å²) in [4.78, 5) is 32.9. The van der Waals surface area contributed by atoms with Crippen LogP contribution in [0.4, 0.5) is 0 Å². The van der Waals surface area contributed by atoms with E-state index in [0.717, 1.165) is 14.0 Å². The van der Waals surface area contributed by atoms with Crippen molar-refractivity contribution in [2.75, 3.05) is 13.7 Å². The van der Waals surface area contributed by atoms with Gasteiger partial charge in [0.05, 0.1) is 7.11 Å². The van der Waals surface area contributed by atoms with Crippen molar-refractivity contribution in [3.8, 4) is 0 Å². The molecule has 0 amide bonds. The number of nitrogens with zero attached hydrogens (tertiary/aromatic N) is 1. The van der Waals surface area contributed by atoms with Gasteiger partial charge in [-0.3, -0.25) is 14.9 Å². The smallest absolute Gasteiger partial charge is 0.349 e. The van der Waals surface area contributed by atoms with E-state index in [0.29, 0.717) is 0 Å². The Balaban J connectivity index is 3.33. The van der Waals surface area contributed by atoms with E-state index >= 15 is 0 Å². The molecule has 1 aromatic carbocycles. The molecule has 0 spiro atoms. The predicted octanol–water partition coefficient (Wildman–Crippen LogP) is 0.472. The Morgan fingerprint density at radius 3 is 2.38 bits per heavy atom. The maximum absolute atomic E-state index is 11.8. The van der Waals surface area contributed by atoms with Crippen molar-refractivity contribution in [2.45, 2.75) is 18.6 Å². The number of rotatable bonds is 6. The molecule has 114 valence electrons. The van der Waals surface area contributed by atoms with E-state index in [-0.39, 0.29) is 5.56 Å². The summed E-state index contributed by atoms with van der Waals surface area (Å²) < 4.78 is 9.35. The molecule has 0 aromatic heterocycles. The summed E-state index contributed by atoms with van der Waals surface area (Å²) in [5.41, 5.74) is -2.38. The van der Waals surface area contributed by atoms with Crippen molar-refractivity contribution < 1.29 is 29.1 Å². The van der Waals surface area contributed by atoms with Gasteiger partial charge in [0.2, 0.25) is 6.54 Å². The number of carbonyl (C=O) groups excluding carboxylic acids is 2. The second-order valence-corrected chi connectivity index (χ2v) is 4.31. The van der Waals surface area contributed by atoms with Crippen LogP contribution in [0.1, 0.15) is 18.6 Å². The Morgan fingerprint density at radius 2 is 1.95 bits per heavy atom. The van der Waals surface area contributed by atoms with Gasteiger partial charge in [0.25, 0.3) is 5.60 Å². The fourth-order valence-corrected chi connectivity index (χ4v) is 1.86. The highest BCUT2D eigenvalue weighted by Crippen LogP contribution is 2.31. The maximum atomic E-state index is 11.8. The number of ether oxygens (including phenoxy) is 2. The lowest BCUT2D eigenvalue weighted by Gasteiger charge is -2.29. The van der Waals surface area contributed by atoms with Crippen LogP contribution in [-0.2, 0) is 19.1 Å². The van der Waals surface area contributed by atoms with Gasteiger partial charge in [-0.2, -0.15) is 0 Å². The summed E-state index contributed by atoms with van der Waals surface area (Å²) in [6.07, 6.45) is -1.55. The molecule has 0 aliphatic carbocycles. The first kappa shape index (κ1) is 16.6. The number of esters is 2. The molecule has 0 saturated heterocycles. The quantitative estimate of drug-likeness (QED) is 0.461. The lowest BCUT2D eigenvalue weighted by molar-refractivity contribution is -0.501. The van der Waals surface area contributed by atoms with Crippen LogP contribution >= 0.6 is 0 Å². The largest absolute Gasteiger partial charge is 0.467 e. The van der Waals surface area contributed by atoms with Crippen LogP contribution in [0, 0.1) is 10.1 Å². The van der Waals surface area contributed by atoms with Crippen molar-refractivity contribution in [3.63, 3.8) is 0 Å². The molecule has 0 fully saturated rings. The van der Waals surface area contributed by atoms with E-state index in [9.17, 15) is 24.8 Å². The highest BCUT2D eigenvalue weighted by molar-refractivity contribution is 5.81. The summed E-state index contributed by atoms with van der Waals surface area (Å²) in [5, 5.41) is 21.2. The topological polar surface area (TPSA) is 116 Å². The Morgan fingerprint density at radius 1 is 1.38 bits per heavy atom. The van der Waals surface area contributed by atoms with Crippen LogP contribution < -0.4 is 0 Å².